The fourth-order valence-electron chi connectivity index (χ4n) is 2.48. The lowest BCUT2D eigenvalue weighted by Gasteiger charge is -2.24. The van der Waals surface area contributed by atoms with Gasteiger partial charge in [0.1, 0.15) is 17.3 Å². The standard InChI is InChI=1S/C14H20F2N2O/c1-17(6-7-18-4-2-3-5-18)14-12(15)8-11(10-19)9-13(14)16/h8-9,19H,2-7,10H2,1H3. The van der Waals surface area contributed by atoms with Gasteiger partial charge in [0, 0.05) is 20.1 Å². The quantitative estimate of drug-likeness (QED) is 0.886. The zero-order chi connectivity index (χ0) is 13.8. The Balaban J connectivity index is 2.03. The molecular weight excluding hydrogens is 250 g/mol. The highest BCUT2D eigenvalue weighted by atomic mass is 19.1. The lowest BCUT2D eigenvalue weighted by Crippen LogP contribution is -2.32. The molecule has 0 unspecified atom stereocenters. The number of anilines is 1. The van der Waals surface area contributed by atoms with E-state index in [2.05, 4.69) is 4.90 Å². The van der Waals surface area contributed by atoms with Gasteiger partial charge in [0.2, 0.25) is 0 Å². The molecule has 19 heavy (non-hydrogen) atoms. The van der Waals surface area contributed by atoms with Crippen molar-refractivity contribution in [2.45, 2.75) is 19.4 Å². The van der Waals surface area contributed by atoms with Crippen molar-refractivity contribution in [3.63, 3.8) is 0 Å². The monoisotopic (exact) mass is 270 g/mol. The topological polar surface area (TPSA) is 26.7 Å². The maximum atomic E-state index is 13.8. The lowest BCUT2D eigenvalue weighted by molar-refractivity contribution is 0.280. The average Bonchev–Trinajstić information content (AvgIpc) is 2.88. The molecule has 0 spiro atoms. The molecule has 0 atom stereocenters. The van der Waals surface area contributed by atoms with E-state index >= 15 is 0 Å². The van der Waals surface area contributed by atoms with Crippen LogP contribution >= 0.6 is 0 Å². The number of benzene rings is 1. The molecule has 1 aliphatic heterocycles. The number of aliphatic hydroxyl groups excluding tert-OH is 1. The Morgan fingerprint density at radius 1 is 1.21 bits per heavy atom. The van der Waals surface area contributed by atoms with Crippen LogP contribution in [0.2, 0.25) is 0 Å². The van der Waals surface area contributed by atoms with E-state index in [1.807, 2.05) is 0 Å². The first-order valence-electron chi connectivity index (χ1n) is 6.64. The lowest BCUT2D eigenvalue weighted by atomic mass is 10.2. The second-order valence-corrected chi connectivity index (χ2v) is 5.04. The predicted molar refractivity (Wildman–Crippen MR) is 71.2 cm³/mol. The highest BCUT2D eigenvalue weighted by molar-refractivity contribution is 5.50. The summed E-state index contributed by atoms with van der Waals surface area (Å²) in [5.41, 5.74) is 0.239. The van der Waals surface area contributed by atoms with E-state index in [4.69, 9.17) is 5.11 Å². The third-order valence-electron chi connectivity index (χ3n) is 3.59. The molecule has 1 aromatic rings. The number of aliphatic hydroxyl groups is 1. The minimum Gasteiger partial charge on any atom is -0.392 e. The molecule has 1 saturated heterocycles. The highest BCUT2D eigenvalue weighted by Crippen LogP contribution is 2.24. The fraction of sp³-hybridized carbons (Fsp3) is 0.571. The van der Waals surface area contributed by atoms with Crippen LogP contribution in [0.1, 0.15) is 18.4 Å². The van der Waals surface area contributed by atoms with Gasteiger partial charge in [0.15, 0.2) is 0 Å². The number of halogens is 2. The van der Waals surface area contributed by atoms with Crippen LogP contribution in [0.4, 0.5) is 14.5 Å². The summed E-state index contributed by atoms with van der Waals surface area (Å²) < 4.78 is 27.7. The predicted octanol–water partition coefficient (Wildman–Crippen LogP) is 1.99. The van der Waals surface area contributed by atoms with Gasteiger partial charge in [-0.15, -0.1) is 0 Å². The van der Waals surface area contributed by atoms with Crippen LogP contribution in [0.25, 0.3) is 0 Å². The number of hydrogen-bond donors (Lipinski definition) is 1. The molecule has 106 valence electrons. The van der Waals surface area contributed by atoms with Crippen LogP contribution in [0, 0.1) is 11.6 Å². The number of nitrogens with zero attached hydrogens (tertiary/aromatic N) is 2. The molecule has 3 nitrogen and oxygen atoms in total. The van der Waals surface area contributed by atoms with Crippen molar-refractivity contribution in [3.05, 3.63) is 29.3 Å². The third-order valence-corrected chi connectivity index (χ3v) is 3.59. The Kier molecular flexibility index (Phi) is 4.71. The van der Waals surface area contributed by atoms with E-state index in [1.54, 1.807) is 11.9 Å². The van der Waals surface area contributed by atoms with Gasteiger partial charge in [-0.3, -0.25) is 0 Å². The van der Waals surface area contributed by atoms with Crippen LogP contribution in [0.5, 0.6) is 0 Å². The van der Waals surface area contributed by atoms with Crippen LogP contribution in [0.3, 0.4) is 0 Å². The maximum Gasteiger partial charge on any atom is 0.149 e. The summed E-state index contributed by atoms with van der Waals surface area (Å²) in [6.45, 7) is 3.19. The Morgan fingerprint density at radius 2 is 1.79 bits per heavy atom. The SMILES string of the molecule is CN(CCN1CCCC1)c1c(F)cc(CO)cc1F. The molecule has 0 amide bonds. The van der Waals surface area contributed by atoms with Crippen molar-refractivity contribution in [2.75, 3.05) is 38.1 Å². The minimum absolute atomic E-state index is 0.0172. The molecule has 1 aromatic carbocycles. The van der Waals surface area contributed by atoms with Crippen molar-refractivity contribution in [2.24, 2.45) is 0 Å². The average molecular weight is 270 g/mol. The molecule has 0 bridgehead atoms. The van der Waals surface area contributed by atoms with Crippen LogP contribution in [-0.4, -0.2) is 43.2 Å². The molecule has 0 saturated carbocycles. The van der Waals surface area contributed by atoms with Gasteiger partial charge in [-0.25, -0.2) is 8.78 Å². The van der Waals surface area contributed by atoms with Crippen LogP contribution in [0.15, 0.2) is 12.1 Å². The molecule has 0 radical (unpaired) electrons. The fourth-order valence-corrected chi connectivity index (χ4v) is 2.48. The van der Waals surface area contributed by atoms with E-state index in [0.717, 1.165) is 19.6 Å². The molecule has 0 aromatic heterocycles. The zero-order valence-electron chi connectivity index (χ0n) is 11.2. The van der Waals surface area contributed by atoms with E-state index in [0.29, 0.717) is 6.54 Å². The zero-order valence-corrected chi connectivity index (χ0v) is 11.2. The summed E-state index contributed by atoms with van der Waals surface area (Å²) in [6.07, 6.45) is 2.41. The van der Waals surface area contributed by atoms with Gasteiger partial charge in [-0.05, 0) is 43.6 Å². The van der Waals surface area contributed by atoms with Crippen molar-refractivity contribution < 1.29 is 13.9 Å². The first-order valence-corrected chi connectivity index (χ1v) is 6.64. The number of hydrogen-bond acceptors (Lipinski definition) is 3. The van der Waals surface area contributed by atoms with E-state index in [-0.39, 0.29) is 17.9 Å². The molecule has 1 fully saturated rings. The highest BCUT2D eigenvalue weighted by Gasteiger charge is 2.17. The summed E-state index contributed by atoms with van der Waals surface area (Å²) in [5.74, 6) is -1.24. The van der Waals surface area contributed by atoms with Crippen molar-refractivity contribution in [1.29, 1.82) is 0 Å². The third kappa shape index (κ3) is 3.42. The van der Waals surface area contributed by atoms with Gasteiger partial charge >= 0.3 is 0 Å². The first-order chi connectivity index (χ1) is 9.11. The molecule has 1 N–H and O–H groups in total. The van der Waals surface area contributed by atoms with Gasteiger partial charge in [-0.1, -0.05) is 0 Å². The summed E-state index contributed by atoms with van der Waals surface area (Å²) >= 11 is 0. The van der Waals surface area contributed by atoms with Crippen molar-refractivity contribution >= 4 is 5.69 Å². The van der Waals surface area contributed by atoms with Gasteiger partial charge < -0.3 is 14.9 Å². The largest absolute Gasteiger partial charge is 0.392 e. The second kappa shape index (κ2) is 6.30. The molecule has 1 aliphatic rings. The molecular formula is C14H20F2N2O. The van der Waals surface area contributed by atoms with E-state index in [9.17, 15) is 8.78 Å². The van der Waals surface area contributed by atoms with Gasteiger partial charge in [0.05, 0.1) is 6.61 Å². The molecule has 2 rings (SSSR count). The Labute approximate surface area is 112 Å². The van der Waals surface area contributed by atoms with Crippen molar-refractivity contribution in [3.8, 4) is 0 Å². The summed E-state index contributed by atoms with van der Waals surface area (Å²) in [4.78, 5) is 3.90. The summed E-state index contributed by atoms with van der Waals surface area (Å²) in [6, 6.07) is 2.37. The van der Waals surface area contributed by atoms with Gasteiger partial charge in [-0.2, -0.15) is 0 Å². The smallest absolute Gasteiger partial charge is 0.149 e. The maximum absolute atomic E-state index is 13.8. The van der Waals surface area contributed by atoms with Crippen LogP contribution in [-0.2, 0) is 6.61 Å². The normalized spacial score (nSPS) is 16.0. The first kappa shape index (κ1) is 14.2. The number of rotatable bonds is 5. The van der Waals surface area contributed by atoms with E-state index < -0.39 is 11.6 Å². The van der Waals surface area contributed by atoms with E-state index in [1.165, 1.54) is 25.0 Å². The molecule has 5 heteroatoms. The molecule has 0 aliphatic carbocycles. The Morgan fingerprint density at radius 3 is 2.32 bits per heavy atom. The minimum atomic E-state index is -0.618. The number of likely N-dealkylation sites (N-methyl/N-ethyl adjacent to an activating group) is 1. The summed E-state index contributed by atoms with van der Waals surface area (Å²) in [7, 11) is 1.69. The Bertz CT molecular complexity index is 410. The summed E-state index contributed by atoms with van der Waals surface area (Å²) in [5, 5.41) is 8.91. The Hall–Kier alpha value is -1.20. The van der Waals surface area contributed by atoms with Crippen molar-refractivity contribution in [1.82, 2.24) is 4.90 Å². The molecule has 1 heterocycles. The number of likely N-dealkylation sites (tertiary alicyclic amines) is 1. The second-order valence-electron chi connectivity index (χ2n) is 5.04. The van der Waals surface area contributed by atoms with Crippen LogP contribution < -0.4 is 4.90 Å². The van der Waals surface area contributed by atoms with Gasteiger partial charge in [0.25, 0.3) is 0 Å².